The van der Waals surface area contributed by atoms with Gasteiger partial charge in [0, 0.05) is 0 Å². The molecule has 0 aliphatic heterocycles. The van der Waals surface area contributed by atoms with Crippen LogP contribution in [-0.4, -0.2) is 0 Å². The molecule has 0 bridgehead atoms. The third kappa shape index (κ3) is 5160. The first-order chi connectivity index (χ1) is 10.4. The van der Waals surface area contributed by atoms with Crippen LogP contribution in [0, 0.1) is 64.7 Å². The molecule has 18 nitrogen and oxygen atoms in total. The molecule has 1 radical (unpaired) electrons. The van der Waals surface area contributed by atoms with E-state index >= 15 is 0 Å². The molecule has 0 atom stereocenters. The molecule has 0 heterocycles. The largest absolute Gasteiger partial charge is 6.00 e. The Morgan fingerprint density at radius 1 is 0.200 bits per heavy atom. The topological polar surface area (TPSA) is 415 Å². The predicted octanol–water partition coefficient (Wildman–Crippen LogP) is -21.4. The second-order valence-electron chi connectivity index (χ2n) is 1.13. The normalized spacial score (nSPS) is 8.64. The molecular formula is Cl6IrO18. The maximum Gasteiger partial charge on any atom is 6.00 e. The van der Waals surface area contributed by atoms with E-state index in [2.05, 4.69) is 0 Å². The van der Waals surface area contributed by atoms with Crippen LogP contribution in [0.1, 0.15) is 0 Å². The van der Waals surface area contributed by atoms with Crippen LogP contribution in [0.2, 0.25) is 0 Å². The molecule has 159 valence electrons. The van der Waals surface area contributed by atoms with Crippen LogP contribution in [0.25, 0.3) is 0 Å². The molecule has 0 unspecified atom stereocenters. The van der Waals surface area contributed by atoms with E-state index in [4.69, 9.17) is 83.9 Å². The summed E-state index contributed by atoms with van der Waals surface area (Å²) < 4.78 is 151. The summed E-state index contributed by atoms with van der Waals surface area (Å²) in [6, 6.07) is 0. The van der Waals surface area contributed by atoms with Crippen molar-refractivity contribution in [3.63, 3.8) is 0 Å². The minimum Gasteiger partial charge on any atom is -0.357 e. The third-order valence-electron chi connectivity index (χ3n) is 0. The van der Waals surface area contributed by atoms with E-state index in [9.17, 15) is 0 Å². The molecule has 0 aromatic heterocycles. The molecule has 25 heavy (non-hydrogen) atoms. The van der Waals surface area contributed by atoms with Crippen LogP contribution < -0.4 is 83.9 Å². The fourth-order valence-electron chi connectivity index (χ4n) is 0. The van der Waals surface area contributed by atoms with Gasteiger partial charge in [-0.05, 0) is 0 Å². The van der Waals surface area contributed by atoms with E-state index in [0.29, 0.717) is 0 Å². The smallest absolute Gasteiger partial charge is 0.357 e. The van der Waals surface area contributed by atoms with Gasteiger partial charge in [0.2, 0.25) is 0 Å². The van der Waals surface area contributed by atoms with E-state index in [-0.39, 0.29) is 20.1 Å². The number of rotatable bonds is 0. The first-order valence-corrected chi connectivity index (χ1v) is 8.33. The molecule has 25 heteroatoms. The molecule has 0 saturated heterocycles. The summed E-state index contributed by atoms with van der Waals surface area (Å²) in [5, 5.41) is 0. The molecule has 0 rings (SSSR count). The zero-order valence-corrected chi connectivity index (χ0v) is 16.9. The van der Waals surface area contributed by atoms with Crippen molar-refractivity contribution in [2.24, 2.45) is 0 Å². The fraction of sp³-hybridized carbons (Fsp3) is 0. The number of hydrogen-bond acceptors (Lipinski definition) is 18. The summed E-state index contributed by atoms with van der Waals surface area (Å²) in [6.45, 7) is 0. The third-order valence-corrected chi connectivity index (χ3v) is 0. The number of hydrogen-bond donors (Lipinski definition) is 0. The summed E-state index contributed by atoms with van der Waals surface area (Å²) >= 11 is 0. The van der Waals surface area contributed by atoms with Crippen molar-refractivity contribution in [2.75, 3.05) is 0 Å². The van der Waals surface area contributed by atoms with Gasteiger partial charge in [-0.25, -0.2) is 0 Å². The monoisotopic (exact) mass is 691 g/mol. The molecule has 0 aliphatic carbocycles. The van der Waals surface area contributed by atoms with Gasteiger partial charge in [0.15, 0.2) is 0 Å². The standard InChI is InChI=1S/6ClO3.Ir/c6*2-1(3)4;/q6*-1;+6. The van der Waals surface area contributed by atoms with Gasteiger partial charge in [-0.15, -0.1) is 0 Å². The van der Waals surface area contributed by atoms with Crippen molar-refractivity contribution in [2.45, 2.75) is 0 Å². The van der Waals surface area contributed by atoms with Gasteiger partial charge in [-0.1, -0.05) is 0 Å². The molecule has 0 saturated carbocycles. The van der Waals surface area contributed by atoms with Crippen LogP contribution in [0.3, 0.4) is 0 Å². The minimum absolute atomic E-state index is 0. The molecular weight excluding hydrogens is 693 g/mol. The Labute approximate surface area is 168 Å². The summed E-state index contributed by atoms with van der Waals surface area (Å²) in [6.07, 6.45) is 0. The zero-order chi connectivity index (χ0) is 21.5. The van der Waals surface area contributed by atoms with Crippen molar-refractivity contribution in [1.29, 1.82) is 0 Å². The van der Waals surface area contributed by atoms with Crippen molar-refractivity contribution in [3.05, 3.63) is 0 Å². The molecule has 0 fully saturated rings. The maximum atomic E-state index is 8.41. The van der Waals surface area contributed by atoms with Gasteiger partial charge in [0.05, 0.1) is 64.7 Å². The Kier molecular flexibility index (Phi) is 73.4. The van der Waals surface area contributed by atoms with E-state index < -0.39 is 64.7 Å². The molecule has 0 aromatic rings. The molecule has 0 amide bonds. The second kappa shape index (κ2) is 40.4. The summed E-state index contributed by atoms with van der Waals surface area (Å²) in [7, 11) is -17.1. The van der Waals surface area contributed by atoms with Crippen molar-refractivity contribution < 1.29 is 169 Å². The van der Waals surface area contributed by atoms with Crippen LogP contribution in [0.4, 0.5) is 0 Å². The van der Waals surface area contributed by atoms with E-state index in [1.54, 1.807) is 0 Å². The summed E-state index contributed by atoms with van der Waals surface area (Å²) in [4.78, 5) is 0. The first kappa shape index (κ1) is 45.4. The summed E-state index contributed by atoms with van der Waals surface area (Å²) in [5.41, 5.74) is 0. The average Bonchev–Trinajstić information content (AvgIpc) is 2.08. The first-order valence-electron chi connectivity index (χ1n) is 2.78. The van der Waals surface area contributed by atoms with Gasteiger partial charge < -0.3 is 83.9 Å². The maximum absolute atomic E-state index is 8.41. The molecule has 0 N–H and O–H groups in total. The van der Waals surface area contributed by atoms with Gasteiger partial charge in [0.1, 0.15) is 0 Å². The Balaban J connectivity index is -0.0000000309. The van der Waals surface area contributed by atoms with Gasteiger partial charge in [-0.3, -0.25) is 0 Å². The van der Waals surface area contributed by atoms with Crippen LogP contribution in [0.15, 0.2) is 0 Å². The van der Waals surface area contributed by atoms with E-state index in [1.807, 2.05) is 0 Å². The van der Waals surface area contributed by atoms with Crippen LogP contribution in [0.5, 0.6) is 0 Å². The fourth-order valence-corrected chi connectivity index (χ4v) is 0. The van der Waals surface area contributed by atoms with Crippen molar-refractivity contribution >= 4 is 0 Å². The Morgan fingerprint density at radius 2 is 0.200 bits per heavy atom. The Morgan fingerprint density at radius 3 is 0.200 bits per heavy atom. The average molecular weight is 693 g/mol. The quantitative estimate of drug-likeness (QED) is 0.227. The predicted molar refractivity (Wildman–Crippen MR) is 0 cm³/mol. The van der Waals surface area contributed by atoms with Gasteiger partial charge >= 0.3 is 20.1 Å². The number of halogens is 6. The second-order valence-corrected chi connectivity index (χ2v) is 3.40. The van der Waals surface area contributed by atoms with Gasteiger partial charge in [0.25, 0.3) is 0 Å². The van der Waals surface area contributed by atoms with Crippen LogP contribution in [-0.2, 0) is 20.1 Å². The molecule has 0 aromatic carbocycles. The Hall–Kier alpha value is 1.67. The molecule has 0 spiro atoms. The Bertz CT molecular complexity index is 101. The van der Waals surface area contributed by atoms with Crippen molar-refractivity contribution in [1.82, 2.24) is 0 Å². The SMILES string of the molecule is [Ir+6].[O-][Cl+2]([O-])[O-].[O-][Cl+2]([O-])[O-].[O-][Cl+2]([O-])[O-].[O-][Cl+2]([O-])[O-].[O-][Cl+2]([O-])[O-].[O-][Cl+2]([O-])[O-]. The minimum atomic E-state index is -2.85. The van der Waals surface area contributed by atoms with Gasteiger partial charge in [-0.2, -0.15) is 0 Å². The van der Waals surface area contributed by atoms with Crippen LogP contribution >= 0.6 is 0 Å². The summed E-state index contributed by atoms with van der Waals surface area (Å²) in [5.74, 6) is 0. The van der Waals surface area contributed by atoms with E-state index in [1.165, 1.54) is 0 Å². The zero-order valence-electron chi connectivity index (χ0n) is 9.95. The van der Waals surface area contributed by atoms with Crippen molar-refractivity contribution in [3.8, 4) is 0 Å². The molecule has 0 aliphatic rings. The van der Waals surface area contributed by atoms with E-state index in [0.717, 1.165) is 0 Å².